The minimum atomic E-state index is -0.309. The minimum Gasteiger partial charge on any atom is -0.382 e. The first-order chi connectivity index (χ1) is 9.16. The normalized spacial score (nSPS) is 13.4. The summed E-state index contributed by atoms with van der Waals surface area (Å²) in [6.45, 7) is 0.494. The van der Waals surface area contributed by atoms with Gasteiger partial charge in [0.05, 0.1) is 0 Å². The van der Waals surface area contributed by atoms with Crippen LogP contribution in [0.4, 0.5) is 15.9 Å². The maximum Gasteiger partial charge on any atom is 0.280 e. The zero-order valence-corrected chi connectivity index (χ0v) is 10.0. The molecule has 1 aliphatic rings. The molecule has 0 bridgehead atoms. The molecule has 2 heterocycles. The number of fused-ring (bicyclic) bond motifs is 1. The zero-order valence-electron chi connectivity index (χ0n) is 10.0. The van der Waals surface area contributed by atoms with Gasteiger partial charge in [0.2, 0.25) is 0 Å². The first-order valence-electron chi connectivity index (χ1n) is 5.83. The second-order valence-electron chi connectivity index (χ2n) is 4.27. The molecule has 1 amide bonds. The van der Waals surface area contributed by atoms with Crippen LogP contribution < -0.4 is 10.6 Å². The molecule has 6 heteroatoms. The number of amides is 1. The van der Waals surface area contributed by atoms with Crippen LogP contribution in [-0.2, 0) is 6.42 Å². The van der Waals surface area contributed by atoms with Crippen LogP contribution in [0.3, 0.4) is 0 Å². The van der Waals surface area contributed by atoms with Crippen LogP contribution in [0.2, 0.25) is 0 Å². The van der Waals surface area contributed by atoms with Gasteiger partial charge in [0.15, 0.2) is 11.5 Å². The Labute approximate surface area is 108 Å². The molecule has 5 nitrogen and oxygen atoms in total. The lowest BCUT2D eigenvalue weighted by atomic mass is 10.1. The summed E-state index contributed by atoms with van der Waals surface area (Å²) in [5.41, 5.74) is 7.30. The average Bonchev–Trinajstić information content (AvgIpc) is 2.81. The van der Waals surface area contributed by atoms with Crippen LogP contribution in [-0.4, -0.2) is 22.4 Å². The Balaban J connectivity index is 1.98. The van der Waals surface area contributed by atoms with E-state index in [1.165, 1.54) is 24.5 Å². The van der Waals surface area contributed by atoms with Crippen molar-refractivity contribution in [2.45, 2.75) is 6.42 Å². The second kappa shape index (κ2) is 4.31. The van der Waals surface area contributed by atoms with Crippen molar-refractivity contribution in [2.75, 3.05) is 17.2 Å². The number of carbonyl (C=O) groups is 1. The number of benzene rings is 1. The van der Waals surface area contributed by atoms with Gasteiger partial charge in [-0.05, 0) is 30.2 Å². The standard InChI is InChI=1S/C13H11FN4O/c14-9-1-2-10-8(7-9)3-6-18(10)13(19)11-12(15)17-5-4-16-11/h1-2,4-5,7H,3,6H2,(H2,15,17). The molecule has 96 valence electrons. The van der Waals surface area contributed by atoms with Crippen molar-refractivity contribution in [3.8, 4) is 0 Å². The van der Waals surface area contributed by atoms with Crippen molar-refractivity contribution in [1.29, 1.82) is 0 Å². The van der Waals surface area contributed by atoms with Crippen LogP contribution in [0.15, 0.2) is 30.6 Å². The molecule has 0 radical (unpaired) electrons. The number of carbonyl (C=O) groups excluding carboxylic acids is 1. The van der Waals surface area contributed by atoms with Crippen molar-refractivity contribution in [1.82, 2.24) is 9.97 Å². The van der Waals surface area contributed by atoms with E-state index in [1.807, 2.05) is 0 Å². The van der Waals surface area contributed by atoms with E-state index in [1.54, 1.807) is 11.0 Å². The van der Waals surface area contributed by atoms with E-state index in [2.05, 4.69) is 9.97 Å². The molecule has 0 unspecified atom stereocenters. The molecule has 0 atom stereocenters. The van der Waals surface area contributed by atoms with E-state index >= 15 is 0 Å². The SMILES string of the molecule is Nc1nccnc1C(=O)N1CCc2cc(F)ccc21. The smallest absolute Gasteiger partial charge is 0.280 e. The Kier molecular flexibility index (Phi) is 2.63. The van der Waals surface area contributed by atoms with E-state index in [0.717, 1.165) is 5.56 Å². The maximum atomic E-state index is 13.1. The first-order valence-corrected chi connectivity index (χ1v) is 5.83. The molecule has 3 rings (SSSR count). The Bertz CT molecular complexity index is 659. The van der Waals surface area contributed by atoms with Crippen molar-refractivity contribution in [3.05, 3.63) is 47.7 Å². The Hall–Kier alpha value is -2.50. The molecule has 0 aliphatic carbocycles. The van der Waals surface area contributed by atoms with Gasteiger partial charge in [-0.2, -0.15) is 0 Å². The number of nitrogens with zero attached hydrogens (tertiary/aromatic N) is 3. The number of hydrogen-bond donors (Lipinski definition) is 1. The molecule has 1 aromatic carbocycles. The minimum absolute atomic E-state index is 0.100. The highest BCUT2D eigenvalue weighted by Crippen LogP contribution is 2.29. The molecule has 0 saturated heterocycles. The molecular formula is C13H11FN4O. The first kappa shape index (κ1) is 11.6. The molecule has 1 aliphatic heterocycles. The van der Waals surface area contributed by atoms with Gasteiger partial charge in [0.25, 0.3) is 5.91 Å². The summed E-state index contributed by atoms with van der Waals surface area (Å²) in [5.74, 6) is -0.508. The molecule has 0 spiro atoms. The third kappa shape index (κ3) is 1.91. The Morgan fingerprint density at radius 3 is 2.89 bits per heavy atom. The quantitative estimate of drug-likeness (QED) is 0.839. The Morgan fingerprint density at radius 2 is 2.11 bits per heavy atom. The van der Waals surface area contributed by atoms with Crippen molar-refractivity contribution in [3.63, 3.8) is 0 Å². The van der Waals surface area contributed by atoms with Gasteiger partial charge in [-0.25, -0.2) is 14.4 Å². The van der Waals surface area contributed by atoms with Gasteiger partial charge >= 0.3 is 0 Å². The second-order valence-corrected chi connectivity index (χ2v) is 4.27. The van der Waals surface area contributed by atoms with E-state index in [9.17, 15) is 9.18 Å². The van der Waals surface area contributed by atoms with Crippen molar-refractivity contribution >= 4 is 17.4 Å². The number of hydrogen-bond acceptors (Lipinski definition) is 4. The number of nitrogen functional groups attached to an aromatic ring is 1. The van der Waals surface area contributed by atoms with Gasteiger partial charge in [-0.3, -0.25) is 4.79 Å². The summed E-state index contributed by atoms with van der Waals surface area (Å²) in [5, 5.41) is 0. The van der Waals surface area contributed by atoms with Crippen LogP contribution in [0.5, 0.6) is 0 Å². The van der Waals surface area contributed by atoms with Crippen LogP contribution in [0.1, 0.15) is 16.1 Å². The molecule has 0 saturated carbocycles. The van der Waals surface area contributed by atoms with Gasteiger partial charge in [0.1, 0.15) is 5.82 Å². The van der Waals surface area contributed by atoms with Gasteiger partial charge in [0, 0.05) is 24.6 Å². The van der Waals surface area contributed by atoms with E-state index < -0.39 is 0 Å². The average molecular weight is 258 g/mol. The number of rotatable bonds is 1. The predicted octanol–water partition coefficient (Wildman–Crippen LogP) is 1.40. The van der Waals surface area contributed by atoms with Crippen LogP contribution >= 0.6 is 0 Å². The molecule has 2 N–H and O–H groups in total. The monoisotopic (exact) mass is 258 g/mol. The summed E-state index contributed by atoms with van der Waals surface area (Å²) >= 11 is 0. The lowest BCUT2D eigenvalue weighted by molar-refractivity contribution is 0.0985. The fourth-order valence-corrected chi connectivity index (χ4v) is 2.22. The molecule has 0 fully saturated rings. The third-order valence-electron chi connectivity index (χ3n) is 3.11. The lowest BCUT2D eigenvalue weighted by Gasteiger charge is -2.17. The van der Waals surface area contributed by atoms with Crippen molar-refractivity contribution in [2.24, 2.45) is 0 Å². The van der Waals surface area contributed by atoms with Crippen LogP contribution in [0.25, 0.3) is 0 Å². The van der Waals surface area contributed by atoms with Gasteiger partial charge < -0.3 is 10.6 Å². The summed E-state index contributed by atoms with van der Waals surface area (Å²) in [6, 6.07) is 4.38. The molecule has 2 aromatic rings. The summed E-state index contributed by atoms with van der Waals surface area (Å²) in [4.78, 5) is 21.7. The summed E-state index contributed by atoms with van der Waals surface area (Å²) in [6.07, 6.45) is 3.48. The van der Waals surface area contributed by atoms with Crippen molar-refractivity contribution < 1.29 is 9.18 Å². The predicted molar refractivity (Wildman–Crippen MR) is 68.2 cm³/mol. The highest BCUT2D eigenvalue weighted by atomic mass is 19.1. The maximum absolute atomic E-state index is 13.1. The van der Waals surface area contributed by atoms with Gasteiger partial charge in [-0.1, -0.05) is 0 Å². The number of aromatic nitrogens is 2. The molecule has 1 aromatic heterocycles. The highest BCUT2D eigenvalue weighted by Gasteiger charge is 2.27. The number of halogens is 1. The fourth-order valence-electron chi connectivity index (χ4n) is 2.22. The zero-order chi connectivity index (χ0) is 13.4. The van der Waals surface area contributed by atoms with E-state index in [-0.39, 0.29) is 23.2 Å². The van der Waals surface area contributed by atoms with Crippen LogP contribution in [0, 0.1) is 5.82 Å². The lowest BCUT2D eigenvalue weighted by Crippen LogP contribution is -2.30. The van der Waals surface area contributed by atoms with Gasteiger partial charge in [-0.15, -0.1) is 0 Å². The largest absolute Gasteiger partial charge is 0.382 e. The fraction of sp³-hybridized carbons (Fsp3) is 0.154. The molecular weight excluding hydrogens is 247 g/mol. The topological polar surface area (TPSA) is 72.1 Å². The summed E-state index contributed by atoms with van der Waals surface area (Å²) < 4.78 is 13.1. The number of anilines is 2. The summed E-state index contributed by atoms with van der Waals surface area (Å²) in [7, 11) is 0. The van der Waals surface area contributed by atoms with E-state index in [0.29, 0.717) is 18.7 Å². The number of nitrogens with two attached hydrogens (primary N) is 1. The highest BCUT2D eigenvalue weighted by molar-refractivity contribution is 6.08. The third-order valence-corrected chi connectivity index (χ3v) is 3.11. The Morgan fingerprint density at radius 1 is 1.32 bits per heavy atom. The molecule has 19 heavy (non-hydrogen) atoms. The van der Waals surface area contributed by atoms with E-state index in [4.69, 9.17) is 5.73 Å².